The average molecular weight is 740 g/mol. The van der Waals surface area contributed by atoms with Gasteiger partial charge in [-0.15, -0.1) is 0 Å². The summed E-state index contributed by atoms with van der Waals surface area (Å²) >= 11 is 12.6. The summed E-state index contributed by atoms with van der Waals surface area (Å²) in [5, 5.41) is 0.591. The molecule has 4 aliphatic heterocycles. The Labute approximate surface area is 291 Å². The number of piperidine rings is 3. The number of alkyl halides is 6. The summed E-state index contributed by atoms with van der Waals surface area (Å²) in [4.78, 5) is 14.4. The SMILES string of the molecule is O.O=C1COC(CC[N+]23CCC(c4ccccc4)(CC2)CC3)(c2ccc(Cl)c(Cl)c2)CN1Cc1cc(C(F)(F)F)cc(C(F)(F)F)c1.[Cl-]. The second-order valence-electron chi connectivity index (χ2n) is 13.0. The number of nitrogens with zero attached hydrogens (tertiary/aromatic N) is 2. The van der Waals surface area contributed by atoms with Gasteiger partial charge < -0.3 is 32.0 Å². The number of rotatable bonds is 7. The molecule has 4 heterocycles. The molecule has 3 aromatic rings. The summed E-state index contributed by atoms with van der Waals surface area (Å²) in [6.07, 6.45) is -6.41. The van der Waals surface area contributed by atoms with Crippen molar-refractivity contribution in [3.05, 3.63) is 105 Å². The number of morpholine rings is 1. The number of quaternary nitrogens is 1. The van der Waals surface area contributed by atoms with E-state index in [9.17, 15) is 31.1 Å². The average Bonchev–Trinajstić information content (AvgIpc) is 3.03. The second-order valence-corrected chi connectivity index (χ2v) is 13.8. The minimum Gasteiger partial charge on any atom is -1.00 e. The lowest BCUT2D eigenvalue weighted by Gasteiger charge is -2.56. The van der Waals surface area contributed by atoms with Gasteiger partial charge in [0, 0.05) is 37.6 Å². The van der Waals surface area contributed by atoms with Gasteiger partial charge in [0.25, 0.3) is 0 Å². The molecule has 14 heteroatoms. The Morgan fingerprint density at radius 2 is 1.38 bits per heavy atom. The van der Waals surface area contributed by atoms with Crippen LogP contribution in [0.3, 0.4) is 0 Å². The van der Waals surface area contributed by atoms with Crippen LogP contribution in [0.25, 0.3) is 0 Å². The molecule has 0 saturated carbocycles. The first-order valence-corrected chi connectivity index (χ1v) is 15.9. The molecule has 4 saturated heterocycles. The number of benzene rings is 3. The number of halogens is 9. The number of ether oxygens (including phenoxy) is 1. The summed E-state index contributed by atoms with van der Waals surface area (Å²) < 4.78 is 88.7. The van der Waals surface area contributed by atoms with Crippen LogP contribution in [0.4, 0.5) is 26.3 Å². The van der Waals surface area contributed by atoms with Crippen LogP contribution in [0, 0.1) is 0 Å². The molecule has 0 aromatic heterocycles. The molecule has 3 aromatic carbocycles. The lowest BCUT2D eigenvalue weighted by atomic mass is 9.66. The Morgan fingerprint density at radius 3 is 1.92 bits per heavy atom. The van der Waals surface area contributed by atoms with Crippen LogP contribution in [0.1, 0.15) is 53.5 Å². The normalized spacial score (nSPS) is 25.8. The van der Waals surface area contributed by atoms with Gasteiger partial charge in [0.1, 0.15) is 12.2 Å². The van der Waals surface area contributed by atoms with E-state index in [1.54, 1.807) is 18.2 Å². The third-order valence-electron chi connectivity index (χ3n) is 10.3. The maximum atomic E-state index is 13.6. The molecular formula is C34H35Cl3F6N2O3. The number of hydrogen-bond acceptors (Lipinski definition) is 2. The highest BCUT2D eigenvalue weighted by Crippen LogP contribution is 2.47. The van der Waals surface area contributed by atoms with Gasteiger partial charge in [-0.2, -0.15) is 26.3 Å². The number of carbonyl (C=O) groups excluding carboxylic acids is 1. The molecule has 4 aliphatic rings. The van der Waals surface area contributed by atoms with Gasteiger partial charge >= 0.3 is 12.4 Å². The van der Waals surface area contributed by atoms with Gasteiger partial charge in [-0.3, -0.25) is 4.79 Å². The molecule has 2 bridgehead atoms. The Hall–Kier alpha value is -2.54. The van der Waals surface area contributed by atoms with Gasteiger partial charge in [-0.25, -0.2) is 0 Å². The zero-order valence-corrected chi connectivity index (χ0v) is 28.0. The maximum Gasteiger partial charge on any atom is 0.416 e. The zero-order chi connectivity index (χ0) is 33.0. The third kappa shape index (κ3) is 7.61. The number of hydrogen-bond donors (Lipinski definition) is 0. The highest BCUT2D eigenvalue weighted by atomic mass is 35.5. The van der Waals surface area contributed by atoms with Gasteiger partial charge in [0.05, 0.1) is 53.9 Å². The standard InChI is InChI=1S/C34H33Cl2F6N2O2.ClH.H2O/c35-28-7-6-25(19-29(28)36)32(11-15-44-12-8-31(9-13-44,10-14-44)24-4-2-1-3-5-24)22-43(30(45)21-46-32)20-23-16-26(33(37,38)39)18-27(17-23)34(40,41)42;;/h1-7,16-19H,8-15,20-22H2;1H;1H2/q+1;;/p-1. The monoisotopic (exact) mass is 738 g/mol. The van der Waals surface area contributed by atoms with E-state index in [1.165, 1.54) is 10.5 Å². The smallest absolute Gasteiger partial charge is 0.416 e. The fraction of sp³-hybridized carbons (Fsp3) is 0.441. The van der Waals surface area contributed by atoms with E-state index in [1.807, 2.05) is 6.07 Å². The van der Waals surface area contributed by atoms with E-state index in [0.29, 0.717) is 29.1 Å². The number of fused-ring (bicyclic) bond motifs is 3. The fourth-order valence-electron chi connectivity index (χ4n) is 7.50. The van der Waals surface area contributed by atoms with Crippen molar-refractivity contribution in [2.24, 2.45) is 0 Å². The van der Waals surface area contributed by atoms with Crippen molar-refractivity contribution >= 4 is 29.1 Å². The van der Waals surface area contributed by atoms with E-state index in [0.717, 1.165) is 49.9 Å². The van der Waals surface area contributed by atoms with E-state index < -0.39 is 41.5 Å². The molecule has 2 N–H and O–H groups in total. The molecule has 0 spiro atoms. The Bertz CT molecular complexity index is 1570. The van der Waals surface area contributed by atoms with E-state index >= 15 is 0 Å². The number of carbonyl (C=O) groups is 1. The van der Waals surface area contributed by atoms with E-state index in [4.69, 9.17) is 27.9 Å². The summed E-state index contributed by atoms with van der Waals surface area (Å²) in [5.74, 6) is -0.530. The van der Waals surface area contributed by atoms with Crippen molar-refractivity contribution in [3.8, 4) is 0 Å². The molecule has 5 nitrogen and oxygen atoms in total. The van der Waals surface area contributed by atoms with Crippen LogP contribution in [-0.2, 0) is 39.4 Å². The van der Waals surface area contributed by atoms with Crippen LogP contribution in [0.5, 0.6) is 0 Å². The highest BCUT2D eigenvalue weighted by Gasteiger charge is 2.51. The molecular weight excluding hydrogens is 705 g/mol. The molecule has 1 unspecified atom stereocenters. The predicted octanol–water partition coefficient (Wildman–Crippen LogP) is 4.81. The summed E-state index contributed by atoms with van der Waals surface area (Å²) in [7, 11) is 0. The minimum atomic E-state index is -5.00. The second kappa shape index (κ2) is 14.0. The van der Waals surface area contributed by atoms with Crippen LogP contribution in [0.15, 0.2) is 66.7 Å². The van der Waals surface area contributed by atoms with Crippen molar-refractivity contribution in [2.75, 3.05) is 39.3 Å². The first-order chi connectivity index (χ1) is 21.6. The van der Waals surface area contributed by atoms with Crippen molar-refractivity contribution in [3.63, 3.8) is 0 Å². The topological polar surface area (TPSA) is 61.0 Å². The lowest BCUT2D eigenvalue weighted by Crippen LogP contribution is -3.00. The summed E-state index contributed by atoms with van der Waals surface area (Å²) in [6.45, 7) is 2.73. The molecule has 7 rings (SSSR count). The molecule has 1 amide bonds. The fourth-order valence-corrected chi connectivity index (χ4v) is 7.80. The van der Waals surface area contributed by atoms with Crippen LogP contribution >= 0.6 is 23.2 Å². The largest absolute Gasteiger partial charge is 1.00 e. The first-order valence-electron chi connectivity index (χ1n) is 15.2. The maximum absolute atomic E-state index is 13.6. The van der Waals surface area contributed by atoms with Crippen LogP contribution in [0.2, 0.25) is 10.0 Å². The number of amides is 1. The molecule has 0 radical (unpaired) electrons. The van der Waals surface area contributed by atoms with Gasteiger partial charge in [0.15, 0.2) is 0 Å². The zero-order valence-electron chi connectivity index (χ0n) is 25.7. The first kappa shape index (κ1) is 38.3. The molecule has 262 valence electrons. The van der Waals surface area contributed by atoms with Gasteiger partial charge in [0.2, 0.25) is 5.91 Å². The van der Waals surface area contributed by atoms with Crippen LogP contribution in [-0.4, -0.2) is 60.1 Å². The van der Waals surface area contributed by atoms with Crippen molar-refractivity contribution in [1.82, 2.24) is 4.90 Å². The lowest BCUT2D eigenvalue weighted by molar-refractivity contribution is -0.944. The Morgan fingerprint density at radius 1 is 0.792 bits per heavy atom. The van der Waals surface area contributed by atoms with Gasteiger partial charge in [-0.1, -0.05) is 59.6 Å². The van der Waals surface area contributed by atoms with Crippen molar-refractivity contribution in [1.29, 1.82) is 0 Å². The third-order valence-corrected chi connectivity index (χ3v) is 11.0. The van der Waals surface area contributed by atoms with Gasteiger partial charge in [-0.05, 0) is 47.0 Å². The molecule has 0 aliphatic carbocycles. The highest BCUT2D eigenvalue weighted by molar-refractivity contribution is 6.42. The summed E-state index contributed by atoms with van der Waals surface area (Å²) in [6, 6.07) is 17.0. The van der Waals surface area contributed by atoms with E-state index in [-0.39, 0.29) is 53.1 Å². The van der Waals surface area contributed by atoms with Crippen molar-refractivity contribution < 1.29 is 58.2 Å². The minimum absolute atomic E-state index is 0. The molecule has 4 fully saturated rings. The quantitative estimate of drug-likeness (QED) is 0.258. The predicted molar refractivity (Wildman–Crippen MR) is 166 cm³/mol. The van der Waals surface area contributed by atoms with E-state index in [2.05, 4.69) is 24.3 Å². The van der Waals surface area contributed by atoms with Crippen LogP contribution < -0.4 is 12.4 Å². The molecule has 1 atom stereocenters. The molecule has 48 heavy (non-hydrogen) atoms. The Kier molecular flexibility index (Phi) is 11.2. The summed E-state index contributed by atoms with van der Waals surface area (Å²) in [5.41, 5.74) is -2.05. The Balaban J connectivity index is 0.00000260. The van der Waals surface area contributed by atoms with Crippen molar-refractivity contribution in [2.45, 2.75) is 55.6 Å².